The average molecular weight is 245 g/mol. The number of halogens is 1. The van der Waals surface area contributed by atoms with Crippen LogP contribution < -0.4 is 11.2 Å². The van der Waals surface area contributed by atoms with Crippen LogP contribution >= 0.6 is 11.6 Å². The number of hydrogen-bond donors (Lipinski definition) is 1. The maximum absolute atomic E-state index is 11.6. The summed E-state index contributed by atoms with van der Waals surface area (Å²) < 4.78 is 1.22. The molecule has 2 atom stereocenters. The molecule has 90 valence electrons. The van der Waals surface area contributed by atoms with Crippen LogP contribution in [0.2, 0.25) is 5.15 Å². The third-order valence-corrected chi connectivity index (χ3v) is 3.02. The summed E-state index contributed by atoms with van der Waals surface area (Å²) in [5.41, 5.74) is -0.780. The fourth-order valence-corrected chi connectivity index (χ4v) is 1.92. The largest absolute Gasteiger partial charge is 0.329 e. The Labute approximate surface area is 99.3 Å². The molecule has 0 radical (unpaired) electrons. The van der Waals surface area contributed by atoms with E-state index in [1.165, 1.54) is 10.6 Å². The van der Waals surface area contributed by atoms with E-state index >= 15 is 0 Å². The highest BCUT2D eigenvalue weighted by Gasteiger charge is 2.13. The van der Waals surface area contributed by atoms with Crippen molar-refractivity contribution in [3.05, 3.63) is 32.1 Å². The minimum Gasteiger partial charge on any atom is -0.298 e. The molecule has 0 aliphatic carbocycles. The molecule has 1 N–H and O–H groups in total. The Hall–Kier alpha value is -1.03. The van der Waals surface area contributed by atoms with Crippen molar-refractivity contribution in [2.24, 2.45) is 5.92 Å². The Balaban J connectivity index is 3.05. The molecule has 5 heteroatoms. The standard InChI is InChI=1S/C11H17ClN2O2/c1-4-7(2)5-8(3)14-10(15)6-9(12)13-11(14)16/h6-8H,4-5H2,1-3H3,(H,13,16). The molecule has 0 aromatic carbocycles. The van der Waals surface area contributed by atoms with Gasteiger partial charge in [0.25, 0.3) is 5.56 Å². The second kappa shape index (κ2) is 5.34. The smallest absolute Gasteiger partial charge is 0.298 e. The van der Waals surface area contributed by atoms with Crippen molar-refractivity contribution in [2.75, 3.05) is 0 Å². The molecule has 4 nitrogen and oxygen atoms in total. The topological polar surface area (TPSA) is 54.9 Å². The normalized spacial score (nSPS) is 14.8. The molecule has 2 unspecified atom stereocenters. The van der Waals surface area contributed by atoms with Crippen LogP contribution in [-0.4, -0.2) is 9.55 Å². The maximum Gasteiger partial charge on any atom is 0.329 e. The van der Waals surface area contributed by atoms with Crippen LogP contribution in [0, 0.1) is 5.92 Å². The lowest BCUT2D eigenvalue weighted by molar-refractivity contribution is 0.381. The number of rotatable bonds is 4. The molecule has 1 rings (SSSR count). The van der Waals surface area contributed by atoms with Gasteiger partial charge in [0.05, 0.1) is 0 Å². The van der Waals surface area contributed by atoms with Crippen molar-refractivity contribution in [2.45, 2.75) is 39.7 Å². The highest BCUT2D eigenvalue weighted by Crippen LogP contribution is 2.16. The number of aromatic amines is 1. The molecule has 1 aromatic heterocycles. The molecule has 0 fully saturated rings. The molecule has 1 heterocycles. The van der Waals surface area contributed by atoms with Crippen LogP contribution in [0.4, 0.5) is 0 Å². The summed E-state index contributed by atoms with van der Waals surface area (Å²) in [7, 11) is 0. The Bertz CT molecular complexity index is 433. The molecule has 0 saturated heterocycles. The van der Waals surface area contributed by atoms with Gasteiger partial charge in [-0.1, -0.05) is 31.9 Å². The molecule has 16 heavy (non-hydrogen) atoms. The number of aromatic nitrogens is 2. The van der Waals surface area contributed by atoms with Crippen LogP contribution in [-0.2, 0) is 0 Å². The van der Waals surface area contributed by atoms with Gasteiger partial charge in [0.2, 0.25) is 0 Å². The van der Waals surface area contributed by atoms with Crippen molar-refractivity contribution in [1.29, 1.82) is 0 Å². The lowest BCUT2D eigenvalue weighted by atomic mass is 10.0. The molecule has 0 bridgehead atoms. The van der Waals surface area contributed by atoms with E-state index in [2.05, 4.69) is 18.8 Å². The number of hydrogen-bond acceptors (Lipinski definition) is 2. The van der Waals surface area contributed by atoms with Gasteiger partial charge in [-0.2, -0.15) is 0 Å². The zero-order chi connectivity index (χ0) is 12.3. The van der Waals surface area contributed by atoms with Gasteiger partial charge in [-0.05, 0) is 19.3 Å². The third kappa shape index (κ3) is 2.98. The third-order valence-electron chi connectivity index (χ3n) is 2.81. The van der Waals surface area contributed by atoms with Crippen molar-refractivity contribution in [3.63, 3.8) is 0 Å². The monoisotopic (exact) mass is 244 g/mol. The number of nitrogens with zero attached hydrogens (tertiary/aromatic N) is 1. The van der Waals surface area contributed by atoms with E-state index in [0.717, 1.165) is 12.8 Å². The fraction of sp³-hybridized carbons (Fsp3) is 0.636. The van der Waals surface area contributed by atoms with Crippen molar-refractivity contribution in [1.82, 2.24) is 9.55 Å². The van der Waals surface area contributed by atoms with E-state index in [-0.39, 0.29) is 16.8 Å². The number of H-pyrrole nitrogens is 1. The first-order chi connectivity index (χ1) is 7.45. The van der Waals surface area contributed by atoms with Crippen LogP contribution in [0.15, 0.2) is 15.7 Å². The zero-order valence-corrected chi connectivity index (χ0v) is 10.5. The highest BCUT2D eigenvalue weighted by atomic mass is 35.5. The summed E-state index contributed by atoms with van der Waals surface area (Å²) >= 11 is 5.59. The predicted octanol–water partition coefficient (Wildman–Crippen LogP) is 2.19. The fourth-order valence-electron chi connectivity index (χ4n) is 1.75. The Morgan fingerprint density at radius 3 is 2.56 bits per heavy atom. The molecule has 0 spiro atoms. The Kier molecular flexibility index (Phi) is 4.35. The van der Waals surface area contributed by atoms with E-state index < -0.39 is 5.69 Å². The minimum atomic E-state index is -0.437. The average Bonchev–Trinajstić information content (AvgIpc) is 2.15. The van der Waals surface area contributed by atoms with E-state index in [4.69, 9.17) is 11.6 Å². The molecule has 0 aliphatic heterocycles. The van der Waals surface area contributed by atoms with Gasteiger partial charge in [-0.25, -0.2) is 4.79 Å². The predicted molar refractivity (Wildman–Crippen MR) is 65.1 cm³/mol. The molecular weight excluding hydrogens is 228 g/mol. The van der Waals surface area contributed by atoms with E-state index in [9.17, 15) is 9.59 Å². The molecule has 0 amide bonds. The van der Waals surface area contributed by atoms with E-state index in [1.54, 1.807) is 0 Å². The summed E-state index contributed by atoms with van der Waals surface area (Å²) in [4.78, 5) is 25.7. The quantitative estimate of drug-likeness (QED) is 0.826. The zero-order valence-electron chi connectivity index (χ0n) is 9.79. The number of nitrogens with one attached hydrogen (secondary N) is 1. The van der Waals surface area contributed by atoms with Crippen LogP contribution in [0.3, 0.4) is 0 Å². The van der Waals surface area contributed by atoms with Crippen LogP contribution in [0.1, 0.15) is 39.7 Å². The second-order valence-electron chi connectivity index (χ2n) is 4.23. The summed E-state index contributed by atoms with van der Waals surface area (Å²) in [6.45, 7) is 6.06. The van der Waals surface area contributed by atoms with Gasteiger partial charge < -0.3 is 0 Å². The minimum absolute atomic E-state index is 0.0852. The molecule has 0 aliphatic rings. The van der Waals surface area contributed by atoms with E-state index in [0.29, 0.717) is 5.92 Å². The first kappa shape index (κ1) is 13.0. The summed E-state index contributed by atoms with van der Waals surface area (Å²) in [6.07, 6.45) is 1.84. The highest BCUT2D eigenvalue weighted by molar-refractivity contribution is 6.29. The van der Waals surface area contributed by atoms with E-state index in [1.807, 2.05) is 6.92 Å². The first-order valence-electron chi connectivity index (χ1n) is 5.47. The summed E-state index contributed by atoms with van der Waals surface area (Å²) in [6, 6.07) is 1.12. The van der Waals surface area contributed by atoms with Crippen molar-refractivity contribution < 1.29 is 0 Å². The van der Waals surface area contributed by atoms with Crippen molar-refractivity contribution in [3.8, 4) is 0 Å². The lowest BCUT2D eigenvalue weighted by Crippen LogP contribution is -2.37. The molecule has 0 saturated carbocycles. The van der Waals surface area contributed by atoms with Gasteiger partial charge in [-0.3, -0.25) is 14.3 Å². The van der Waals surface area contributed by atoms with Gasteiger partial charge in [0, 0.05) is 12.1 Å². The Morgan fingerprint density at radius 2 is 2.06 bits per heavy atom. The second-order valence-corrected chi connectivity index (χ2v) is 4.64. The van der Waals surface area contributed by atoms with Crippen LogP contribution in [0.25, 0.3) is 0 Å². The maximum atomic E-state index is 11.6. The SMILES string of the molecule is CCC(C)CC(C)n1c(=O)cc(Cl)[nH]c1=O. The molecule has 1 aromatic rings. The Morgan fingerprint density at radius 1 is 1.44 bits per heavy atom. The van der Waals surface area contributed by atoms with Gasteiger partial charge >= 0.3 is 5.69 Å². The van der Waals surface area contributed by atoms with Gasteiger partial charge in [0.1, 0.15) is 5.15 Å². The molecular formula is C11H17ClN2O2. The first-order valence-corrected chi connectivity index (χ1v) is 5.84. The van der Waals surface area contributed by atoms with Crippen molar-refractivity contribution >= 4 is 11.6 Å². The lowest BCUT2D eigenvalue weighted by Gasteiger charge is -2.17. The summed E-state index contributed by atoms with van der Waals surface area (Å²) in [5.74, 6) is 0.483. The van der Waals surface area contributed by atoms with Crippen LogP contribution in [0.5, 0.6) is 0 Å². The van der Waals surface area contributed by atoms with Gasteiger partial charge in [0.15, 0.2) is 0 Å². The van der Waals surface area contributed by atoms with Gasteiger partial charge in [-0.15, -0.1) is 0 Å². The summed E-state index contributed by atoms with van der Waals surface area (Å²) in [5, 5.41) is 0.0852.